The molecular formula is C22H38N6O3. The Balaban J connectivity index is 2.73. The molecule has 0 aromatic heterocycles. The first-order chi connectivity index (χ1) is 14.6. The number of rotatable bonds is 13. The van der Waals surface area contributed by atoms with Crippen LogP contribution in [0.25, 0.3) is 0 Å². The zero-order chi connectivity index (χ0) is 23.4. The topological polar surface area (TPSA) is 165 Å². The van der Waals surface area contributed by atoms with E-state index in [-0.39, 0.29) is 17.7 Å². The van der Waals surface area contributed by atoms with Gasteiger partial charge in [-0.25, -0.2) is 4.79 Å². The Kier molecular flexibility index (Phi) is 11.6. The van der Waals surface area contributed by atoms with Gasteiger partial charge < -0.3 is 33.2 Å². The Labute approximate surface area is 184 Å². The lowest BCUT2D eigenvalue weighted by Gasteiger charge is -2.22. The van der Waals surface area contributed by atoms with Gasteiger partial charge in [0.05, 0.1) is 6.04 Å². The number of anilines is 1. The number of hydrogen-bond donors (Lipinski definition) is 6. The lowest BCUT2D eigenvalue weighted by molar-refractivity contribution is -0.128. The standard InChI is InChI=1S/C22H38N6O3/c1-14(2)19(24)21(30)28-18(5-4-12-26-22(25)31)20(29)27-17-10-8-16(9-11-17)7-6-15(3)13-23/h8-11,14-15,18-19H,4-7,12-13,23-24H2,1-3H3,(H,27,29)(H,28,30)(H3,25,26,31)/t15-,18-,19-/m0/s1. The Hall–Kier alpha value is -2.65. The Morgan fingerprint density at radius 3 is 2.19 bits per heavy atom. The largest absolute Gasteiger partial charge is 0.352 e. The van der Waals surface area contributed by atoms with E-state index in [0.29, 0.717) is 37.5 Å². The third-order valence-electron chi connectivity index (χ3n) is 5.17. The summed E-state index contributed by atoms with van der Waals surface area (Å²) in [6.07, 6.45) is 2.73. The summed E-state index contributed by atoms with van der Waals surface area (Å²) in [7, 11) is 0. The van der Waals surface area contributed by atoms with Gasteiger partial charge in [-0.05, 0) is 61.8 Å². The molecule has 0 aliphatic carbocycles. The molecule has 0 unspecified atom stereocenters. The molecule has 0 bridgehead atoms. The fraction of sp³-hybridized carbons (Fsp3) is 0.591. The molecule has 0 fully saturated rings. The fourth-order valence-corrected chi connectivity index (χ4v) is 2.87. The smallest absolute Gasteiger partial charge is 0.312 e. The third-order valence-corrected chi connectivity index (χ3v) is 5.17. The second-order valence-electron chi connectivity index (χ2n) is 8.33. The molecule has 0 saturated heterocycles. The molecule has 3 atom stereocenters. The number of urea groups is 1. The highest BCUT2D eigenvalue weighted by Gasteiger charge is 2.25. The molecule has 1 aromatic carbocycles. The molecule has 9 N–H and O–H groups in total. The minimum atomic E-state index is -0.781. The average Bonchev–Trinajstić information content (AvgIpc) is 2.73. The van der Waals surface area contributed by atoms with Gasteiger partial charge in [-0.15, -0.1) is 0 Å². The zero-order valence-electron chi connectivity index (χ0n) is 18.8. The summed E-state index contributed by atoms with van der Waals surface area (Å²) >= 11 is 0. The number of hydrogen-bond acceptors (Lipinski definition) is 5. The SMILES string of the molecule is CC(C)[C@H](N)C(=O)N[C@@H](CCCNC(N)=O)C(=O)Nc1ccc(CC[C@H](C)CN)cc1. The van der Waals surface area contributed by atoms with Gasteiger partial charge in [0.1, 0.15) is 6.04 Å². The van der Waals surface area contributed by atoms with Crippen molar-refractivity contribution in [2.45, 2.75) is 58.5 Å². The van der Waals surface area contributed by atoms with Gasteiger partial charge in [0, 0.05) is 12.2 Å². The molecule has 0 radical (unpaired) electrons. The van der Waals surface area contributed by atoms with Crippen molar-refractivity contribution in [3.8, 4) is 0 Å². The van der Waals surface area contributed by atoms with Gasteiger partial charge in [0.25, 0.3) is 0 Å². The Bertz CT molecular complexity index is 708. The van der Waals surface area contributed by atoms with Crippen LogP contribution in [0, 0.1) is 11.8 Å². The van der Waals surface area contributed by atoms with Crippen LogP contribution in [0.4, 0.5) is 10.5 Å². The molecule has 0 spiro atoms. The van der Waals surface area contributed by atoms with E-state index in [1.54, 1.807) is 0 Å². The number of primary amides is 1. The second kappa shape index (κ2) is 13.6. The highest BCUT2D eigenvalue weighted by atomic mass is 16.2. The van der Waals surface area contributed by atoms with E-state index < -0.39 is 18.1 Å². The molecule has 9 heteroatoms. The van der Waals surface area contributed by atoms with Crippen molar-refractivity contribution in [1.29, 1.82) is 0 Å². The summed E-state index contributed by atoms with van der Waals surface area (Å²) in [6, 6.07) is 5.50. The van der Waals surface area contributed by atoms with E-state index in [2.05, 4.69) is 22.9 Å². The number of carbonyl (C=O) groups excluding carboxylic acids is 3. The molecule has 31 heavy (non-hydrogen) atoms. The normalized spacial score (nSPS) is 13.9. The van der Waals surface area contributed by atoms with Crippen molar-refractivity contribution in [2.75, 3.05) is 18.4 Å². The molecule has 174 valence electrons. The van der Waals surface area contributed by atoms with Crippen molar-refractivity contribution in [3.05, 3.63) is 29.8 Å². The van der Waals surface area contributed by atoms with Gasteiger partial charge in [-0.1, -0.05) is 32.9 Å². The van der Waals surface area contributed by atoms with Crippen LogP contribution in [0.1, 0.15) is 45.6 Å². The van der Waals surface area contributed by atoms with E-state index in [9.17, 15) is 14.4 Å². The van der Waals surface area contributed by atoms with Crippen LogP contribution in [0.15, 0.2) is 24.3 Å². The van der Waals surface area contributed by atoms with Gasteiger partial charge >= 0.3 is 6.03 Å². The maximum Gasteiger partial charge on any atom is 0.312 e. The number of carbonyl (C=O) groups is 3. The summed E-state index contributed by atoms with van der Waals surface area (Å²) in [5, 5.41) is 8.04. The maximum atomic E-state index is 12.8. The first-order valence-corrected chi connectivity index (χ1v) is 10.8. The van der Waals surface area contributed by atoms with Crippen LogP contribution in [0.5, 0.6) is 0 Å². The monoisotopic (exact) mass is 434 g/mol. The van der Waals surface area contributed by atoms with Crippen LogP contribution in [0.2, 0.25) is 0 Å². The molecule has 0 saturated carbocycles. The quantitative estimate of drug-likeness (QED) is 0.255. The molecule has 0 aliphatic rings. The molecule has 1 rings (SSSR count). The van der Waals surface area contributed by atoms with Crippen LogP contribution in [0.3, 0.4) is 0 Å². The second-order valence-corrected chi connectivity index (χ2v) is 8.33. The summed E-state index contributed by atoms with van der Waals surface area (Å²) in [4.78, 5) is 36.0. The van der Waals surface area contributed by atoms with Crippen molar-refractivity contribution < 1.29 is 14.4 Å². The van der Waals surface area contributed by atoms with Gasteiger partial charge in [-0.2, -0.15) is 0 Å². The molecule has 0 heterocycles. The molecular weight excluding hydrogens is 396 g/mol. The summed E-state index contributed by atoms with van der Waals surface area (Å²) < 4.78 is 0. The first-order valence-electron chi connectivity index (χ1n) is 10.8. The molecule has 1 aromatic rings. The lowest BCUT2D eigenvalue weighted by atomic mass is 10.0. The highest BCUT2D eigenvalue weighted by molar-refractivity contribution is 5.97. The number of nitrogens with two attached hydrogens (primary N) is 3. The van der Waals surface area contributed by atoms with Crippen molar-refractivity contribution >= 4 is 23.5 Å². The Morgan fingerprint density at radius 1 is 1.00 bits per heavy atom. The van der Waals surface area contributed by atoms with E-state index in [1.165, 1.54) is 5.56 Å². The predicted octanol–water partition coefficient (Wildman–Crippen LogP) is 1.07. The molecule has 9 nitrogen and oxygen atoms in total. The summed E-state index contributed by atoms with van der Waals surface area (Å²) in [6.45, 7) is 6.77. The Morgan fingerprint density at radius 2 is 1.65 bits per heavy atom. The third kappa shape index (κ3) is 10.3. The van der Waals surface area contributed by atoms with Gasteiger partial charge in [0.15, 0.2) is 0 Å². The van der Waals surface area contributed by atoms with Crippen LogP contribution in [-0.4, -0.2) is 43.0 Å². The molecule has 0 aliphatic heterocycles. The summed E-state index contributed by atoms with van der Waals surface area (Å²) in [5.41, 5.74) is 18.4. The van der Waals surface area contributed by atoms with Crippen molar-refractivity contribution in [2.24, 2.45) is 29.0 Å². The van der Waals surface area contributed by atoms with Crippen molar-refractivity contribution in [1.82, 2.24) is 10.6 Å². The number of nitrogens with one attached hydrogen (secondary N) is 3. The van der Waals surface area contributed by atoms with Crippen LogP contribution >= 0.6 is 0 Å². The van der Waals surface area contributed by atoms with E-state index in [0.717, 1.165) is 12.8 Å². The average molecular weight is 435 g/mol. The minimum absolute atomic E-state index is 0.0604. The number of benzene rings is 1. The van der Waals surface area contributed by atoms with E-state index in [4.69, 9.17) is 17.2 Å². The van der Waals surface area contributed by atoms with E-state index in [1.807, 2.05) is 38.1 Å². The predicted molar refractivity (Wildman–Crippen MR) is 123 cm³/mol. The molecule has 4 amide bonds. The zero-order valence-corrected chi connectivity index (χ0v) is 18.8. The maximum absolute atomic E-state index is 12.8. The first kappa shape index (κ1) is 26.4. The van der Waals surface area contributed by atoms with Crippen LogP contribution in [-0.2, 0) is 16.0 Å². The highest BCUT2D eigenvalue weighted by Crippen LogP contribution is 2.14. The lowest BCUT2D eigenvalue weighted by Crippen LogP contribution is -2.51. The summed E-state index contributed by atoms with van der Waals surface area (Å²) in [5.74, 6) is -0.324. The number of amides is 4. The van der Waals surface area contributed by atoms with Crippen molar-refractivity contribution in [3.63, 3.8) is 0 Å². The van der Waals surface area contributed by atoms with Crippen LogP contribution < -0.4 is 33.2 Å². The fourth-order valence-electron chi connectivity index (χ4n) is 2.87. The minimum Gasteiger partial charge on any atom is -0.352 e. The van der Waals surface area contributed by atoms with Gasteiger partial charge in [0.2, 0.25) is 11.8 Å². The number of aryl methyl sites for hydroxylation is 1. The van der Waals surface area contributed by atoms with E-state index >= 15 is 0 Å². The van der Waals surface area contributed by atoms with Gasteiger partial charge in [-0.3, -0.25) is 9.59 Å².